The fraction of sp³-hybridized carbons (Fsp3) is 0.520. The molecule has 9 heteroatoms. The molecular formula is C25H33FN6O2. The summed E-state index contributed by atoms with van der Waals surface area (Å²) in [4.78, 5) is 21.0. The molecule has 2 aliphatic rings. The minimum absolute atomic E-state index is 0.0357. The van der Waals surface area contributed by atoms with Crippen molar-refractivity contribution in [3.05, 3.63) is 41.5 Å². The maximum atomic E-state index is 14.1. The topological polar surface area (TPSA) is 123 Å². The van der Waals surface area contributed by atoms with Crippen LogP contribution in [0.15, 0.2) is 24.5 Å². The van der Waals surface area contributed by atoms with Crippen LogP contribution in [-0.4, -0.2) is 39.7 Å². The Morgan fingerprint density at radius 3 is 2.47 bits per heavy atom. The van der Waals surface area contributed by atoms with Gasteiger partial charge in [-0.15, -0.1) is 0 Å². The molecule has 8 nitrogen and oxygen atoms in total. The van der Waals surface area contributed by atoms with Gasteiger partial charge in [-0.2, -0.15) is 5.26 Å². The lowest BCUT2D eigenvalue weighted by Gasteiger charge is -2.23. The van der Waals surface area contributed by atoms with E-state index in [1.54, 1.807) is 6.07 Å². The molecule has 0 radical (unpaired) electrons. The summed E-state index contributed by atoms with van der Waals surface area (Å²) in [6.45, 7) is 4.36. The fourth-order valence-electron chi connectivity index (χ4n) is 3.66. The third-order valence-electron chi connectivity index (χ3n) is 5.71. The average Bonchev–Trinajstić information content (AvgIpc) is 3.66. The molecule has 2 heterocycles. The average molecular weight is 469 g/mol. The van der Waals surface area contributed by atoms with E-state index in [0.717, 1.165) is 31.7 Å². The zero-order chi connectivity index (χ0) is 24.5. The highest BCUT2D eigenvalue weighted by molar-refractivity contribution is 6.00. The first-order valence-corrected chi connectivity index (χ1v) is 11.9. The summed E-state index contributed by atoms with van der Waals surface area (Å²) in [5, 5.41) is 26.2. The van der Waals surface area contributed by atoms with Crippen molar-refractivity contribution in [3.8, 4) is 6.07 Å². The van der Waals surface area contributed by atoms with E-state index < -0.39 is 5.82 Å². The summed E-state index contributed by atoms with van der Waals surface area (Å²) in [6, 6.07) is 4.90. The number of rotatable bonds is 7. The molecule has 0 aromatic carbocycles. The van der Waals surface area contributed by atoms with Crippen molar-refractivity contribution < 1.29 is 14.3 Å². The van der Waals surface area contributed by atoms with E-state index in [1.165, 1.54) is 31.7 Å². The van der Waals surface area contributed by atoms with Gasteiger partial charge in [0.15, 0.2) is 11.6 Å². The molecule has 182 valence electrons. The number of anilines is 3. The predicted octanol–water partition coefficient (Wildman–Crippen LogP) is 4.50. The number of hydrogen-bond acceptors (Lipinski definition) is 7. The first-order valence-electron chi connectivity index (χ1n) is 11.9. The number of carbonyl (C=O) groups excluding carboxylic acids is 1. The van der Waals surface area contributed by atoms with E-state index in [2.05, 4.69) is 25.9 Å². The van der Waals surface area contributed by atoms with Crippen molar-refractivity contribution in [1.29, 1.82) is 5.26 Å². The van der Waals surface area contributed by atoms with Gasteiger partial charge >= 0.3 is 0 Å². The SMILES string of the molecule is CC(C)Nc1cc(Nc2ncc(C#N)cc2F)ncc1C(=O)NC1CCCCC1.OCC1CC1. The Morgan fingerprint density at radius 2 is 1.91 bits per heavy atom. The highest BCUT2D eigenvalue weighted by Gasteiger charge is 2.20. The van der Waals surface area contributed by atoms with Gasteiger partial charge in [-0.3, -0.25) is 4.79 Å². The van der Waals surface area contributed by atoms with Crippen LogP contribution in [0.3, 0.4) is 0 Å². The summed E-state index contributed by atoms with van der Waals surface area (Å²) < 4.78 is 14.1. The van der Waals surface area contributed by atoms with Gasteiger partial charge in [-0.25, -0.2) is 14.4 Å². The summed E-state index contributed by atoms with van der Waals surface area (Å²) in [5.74, 6) is 0.185. The lowest BCUT2D eigenvalue weighted by molar-refractivity contribution is 0.0928. The Balaban J connectivity index is 0.000000574. The number of nitriles is 1. The van der Waals surface area contributed by atoms with E-state index in [0.29, 0.717) is 29.6 Å². The Labute approximate surface area is 200 Å². The van der Waals surface area contributed by atoms with Crippen LogP contribution in [0.2, 0.25) is 0 Å². The van der Waals surface area contributed by atoms with Gasteiger partial charge in [0.1, 0.15) is 11.9 Å². The van der Waals surface area contributed by atoms with Gasteiger partial charge in [0, 0.05) is 37.2 Å². The smallest absolute Gasteiger partial charge is 0.255 e. The van der Waals surface area contributed by atoms with Gasteiger partial charge in [0.05, 0.1) is 16.8 Å². The quantitative estimate of drug-likeness (QED) is 0.472. The standard InChI is InChI=1S/C21H25FN6O.C4H8O/c1-13(2)26-18-9-19(28-20-17(22)8-14(10-23)11-25-20)24-12-16(18)21(29)27-15-6-4-3-5-7-15;5-3-4-1-2-4/h8-9,11-13,15H,3-7H2,1-2H3,(H,27,29)(H2,24,25,26,28);4-5H,1-3H2. The zero-order valence-electron chi connectivity index (χ0n) is 19.8. The second-order valence-electron chi connectivity index (χ2n) is 9.14. The molecule has 0 aliphatic heterocycles. The number of carbonyl (C=O) groups is 1. The van der Waals surface area contributed by atoms with Crippen LogP contribution in [-0.2, 0) is 0 Å². The maximum Gasteiger partial charge on any atom is 0.255 e. The maximum absolute atomic E-state index is 14.1. The molecule has 34 heavy (non-hydrogen) atoms. The van der Waals surface area contributed by atoms with Crippen LogP contribution in [0.4, 0.5) is 21.7 Å². The molecule has 0 spiro atoms. The van der Waals surface area contributed by atoms with Gasteiger partial charge < -0.3 is 21.1 Å². The Morgan fingerprint density at radius 1 is 1.18 bits per heavy atom. The van der Waals surface area contributed by atoms with E-state index >= 15 is 0 Å². The van der Waals surface area contributed by atoms with Crippen LogP contribution in [0.5, 0.6) is 0 Å². The third kappa shape index (κ3) is 7.66. The molecule has 0 saturated heterocycles. The normalized spacial score (nSPS) is 15.6. The number of nitrogens with zero attached hydrogens (tertiary/aromatic N) is 3. The van der Waals surface area contributed by atoms with Crippen molar-refractivity contribution in [2.75, 3.05) is 17.2 Å². The lowest BCUT2D eigenvalue weighted by Crippen LogP contribution is -2.36. The first kappa shape index (κ1) is 25.4. The molecule has 4 N–H and O–H groups in total. The summed E-state index contributed by atoms with van der Waals surface area (Å²) >= 11 is 0. The van der Waals surface area contributed by atoms with E-state index in [4.69, 9.17) is 10.4 Å². The zero-order valence-corrected chi connectivity index (χ0v) is 19.8. The molecule has 2 aromatic heterocycles. The summed E-state index contributed by atoms with van der Waals surface area (Å²) in [5.41, 5.74) is 1.20. The van der Waals surface area contributed by atoms with E-state index in [1.807, 2.05) is 19.9 Å². The Hall–Kier alpha value is -3.25. The van der Waals surface area contributed by atoms with Crippen LogP contribution in [0.1, 0.15) is 74.7 Å². The van der Waals surface area contributed by atoms with Crippen LogP contribution >= 0.6 is 0 Å². The number of hydrogen-bond donors (Lipinski definition) is 4. The summed E-state index contributed by atoms with van der Waals surface area (Å²) in [6.07, 6.45) is 10.8. The predicted molar refractivity (Wildman–Crippen MR) is 129 cm³/mol. The molecule has 2 aliphatic carbocycles. The van der Waals surface area contributed by atoms with Gasteiger partial charge in [-0.1, -0.05) is 19.3 Å². The molecular weight excluding hydrogens is 435 g/mol. The number of amides is 1. The Bertz CT molecular complexity index is 1010. The van der Waals surface area contributed by atoms with Crippen LogP contribution in [0, 0.1) is 23.1 Å². The molecule has 2 saturated carbocycles. The van der Waals surface area contributed by atoms with E-state index in [9.17, 15) is 9.18 Å². The van der Waals surface area contributed by atoms with Gasteiger partial charge in [-0.05, 0) is 51.5 Å². The van der Waals surface area contributed by atoms with Crippen LogP contribution < -0.4 is 16.0 Å². The highest BCUT2D eigenvalue weighted by Crippen LogP contribution is 2.27. The monoisotopic (exact) mass is 468 g/mol. The van der Waals surface area contributed by atoms with Crippen molar-refractivity contribution >= 4 is 23.2 Å². The van der Waals surface area contributed by atoms with Crippen LogP contribution in [0.25, 0.3) is 0 Å². The van der Waals surface area contributed by atoms with Crippen molar-refractivity contribution in [3.63, 3.8) is 0 Å². The summed E-state index contributed by atoms with van der Waals surface area (Å²) in [7, 11) is 0. The molecule has 2 aromatic rings. The number of pyridine rings is 2. The number of aliphatic hydroxyl groups is 1. The van der Waals surface area contributed by atoms with E-state index in [-0.39, 0.29) is 29.4 Å². The van der Waals surface area contributed by atoms with Crippen molar-refractivity contribution in [2.45, 2.75) is 70.9 Å². The third-order valence-corrected chi connectivity index (χ3v) is 5.71. The fourth-order valence-corrected chi connectivity index (χ4v) is 3.66. The van der Waals surface area contributed by atoms with Crippen molar-refractivity contribution in [2.24, 2.45) is 5.92 Å². The molecule has 0 unspecified atom stereocenters. The minimum atomic E-state index is -0.650. The Kier molecular flexibility index (Phi) is 9.16. The number of aliphatic hydroxyl groups excluding tert-OH is 1. The molecule has 4 rings (SSSR count). The first-order chi connectivity index (χ1) is 16.4. The minimum Gasteiger partial charge on any atom is -0.396 e. The number of halogens is 1. The van der Waals surface area contributed by atoms with Gasteiger partial charge in [0.2, 0.25) is 0 Å². The second kappa shape index (κ2) is 12.3. The van der Waals surface area contributed by atoms with Crippen molar-refractivity contribution in [1.82, 2.24) is 15.3 Å². The molecule has 0 atom stereocenters. The number of aromatic nitrogens is 2. The van der Waals surface area contributed by atoms with Gasteiger partial charge in [0.25, 0.3) is 5.91 Å². The number of nitrogens with one attached hydrogen (secondary N) is 3. The molecule has 0 bridgehead atoms. The molecule has 1 amide bonds. The lowest BCUT2D eigenvalue weighted by atomic mass is 9.95. The largest absolute Gasteiger partial charge is 0.396 e. The highest BCUT2D eigenvalue weighted by atomic mass is 19.1. The molecule has 2 fully saturated rings. The second-order valence-corrected chi connectivity index (χ2v) is 9.14.